The van der Waals surface area contributed by atoms with Crippen LogP contribution in [0.3, 0.4) is 0 Å². The first-order valence-electron chi connectivity index (χ1n) is 16.6. The SMILES string of the molecule is CC1COc2nc(C(=O)O)c(Cc3ccc(F)cc3)cc2N1C(=O)CN1C[C@@H](C)N(C(=O)OC(C)(C)C)C[C@@H]1CN1[C@H](C)COC[C@H]1C. The minimum absolute atomic E-state index is 0.0715. The number of aromatic carboxylic acids is 1. The number of fused-ring (bicyclic) bond motifs is 1. The summed E-state index contributed by atoms with van der Waals surface area (Å²) < 4.78 is 30.9. The summed E-state index contributed by atoms with van der Waals surface area (Å²) in [5.41, 5.74) is 0.663. The number of carbonyl (C=O) groups is 3. The number of ether oxygens (including phenoxy) is 3. The first kappa shape index (κ1) is 35.5. The van der Waals surface area contributed by atoms with Crippen molar-refractivity contribution in [3.63, 3.8) is 0 Å². The summed E-state index contributed by atoms with van der Waals surface area (Å²) in [6.45, 7) is 16.5. The van der Waals surface area contributed by atoms with E-state index in [4.69, 9.17) is 14.2 Å². The maximum absolute atomic E-state index is 14.3. The molecule has 2 amide bonds. The summed E-state index contributed by atoms with van der Waals surface area (Å²) in [4.78, 5) is 52.1. The highest BCUT2D eigenvalue weighted by Crippen LogP contribution is 2.35. The number of anilines is 1. The van der Waals surface area contributed by atoms with Gasteiger partial charge in [0.1, 0.15) is 23.7 Å². The average Bonchev–Trinajstić information content (AvgIpc) is 2.99. The third-order valence-corrected chi connectivity index (χ3v) is 9.18. The van der Waals surface area contributed by atoms with Crippen LogP contribution in [-0.2, 0) is 20.7 Å². The highest BCUT2D eigenvalue weighted by atomic mass is 19.1. The van der Waals surface area contributed by atoms with Gasteiger partial charge in [-0.2, -0.15) is 0 Å². The molecular formula is C35H48FN5O7. The van der Waals surface area contributed by atoms with Crippen LogP contribution in [0.1, 0.15) is 70.1 Å². The maximum atomic E-state index is 14.3. The zero-order chi connectivity index (χ0) is 34.9. The quantitative estimate of drug-likeness (QED) is 0.462. The topological polar surface area (TPSA) is 125 Å². The van der Waals surface area contributed by atoms with Crippen molar-refractivity contribution >= 4 is 23.7 Å². The van der Waals surface area contributed by atoms with Crippen LogP contribution in [0, 0.1) is 5.82 Å². The standard InChI is InChI=1S/C35H48FN5O7/c1-21-14-38(28(15-39-22(2)18-46-19-23(39)3)16-40(21)34(45)48-35(5,6)7)17-30(42)41-24(4)20-47-32-29(41)13-26(31(37-32)33(43)44)12-25-8-10-27(36)11-9-25/h8-11,13,21-24,28H,12,14-20H2,1-7H3,(H,43,44)/t21-,22-,23-,24?,28+/m1/s1. The molecule has 48 heavy (non-hydrogen) atoms. The molecule has 0 radical (unpaired) electrons. The van der Waals surface area contributed by atoms with Gasteiger partial charge in [0, 0.05) is 43.8 Å². The molecule has 1 N–H and O–H groups in total. The lowest BCUT2D eigenvalue weighted by Gasteiger charge is -2.49. The number of hydrogen-bond donors (Lipinski definition) is 1. The van der Waals surface area contributed by atoms with E-state index in [0.717, 1.165) is 0 Å². The van der Waals surface area contributed by atoms with E-state index in [1.54, 1.807) is 28.0 Å². The second kappa shape index (κ2) is 14.4. The Kier molecular flexibility index (Phi) is 10.6. The predicted molar refractivity (Wildman–Crippen MR) is 177 cm³/mol. The predicted octanol–water partition coefficient (Wildman–Crippen LogP) is 4.04. The van der Waals surface area contributed by atoms with Crippen LogP contribution >= 0.6 is 0 Å². The Morgan fingerprint density at radius 2 is 1.65 bits per heavy atom. The molecule has 0 saturated carbocycles. The molecule has 1 unspecified atom stereocenters. The van der Waals surface area contributed by atoms with E-state index in [-0.39, 0.29) is 73.4 Å². The van der Waals surface area contributed by atoms with Gasteiger partial charge in [-0.3, -0.25) is 14.6 Å². The van der Waals surface area contributed by atoms with E-state index in [1.165, 1.54) is 12.1 Å². The molecule has 2 aromatic rings. The van der Waals surface area contributed by atoms with Gasteiger partial charge >= 0.3 is 12.1 Å². The van der Waals surface area contributed by atoms with Crippen molar-refractivity contribution in [2.45, 2.75) is 90.7 Å². The monoisotopic (exact) mass is 669 g/mol. The van der Waals surface area contributed by atoms with Crippen LogP contribution in [0.2, 0.25) is 0 Å². The van der Waals surface area contributed by atoms with Crippen LogP contribution in [0.25, 0.3) is 0 Å². The van der Waals surface area contributed by atoms with Gasteiger partial charge in [0.15, 0.2) is 5.69 Å². The van der Waals surface area contributed by atoms with Gasteiger partial charge in [-0.15, -0.1) is 0 Å². The molecule has 1 aromatic carbocycles. The van der Waals surface area contributed by atoms with Crippen molar-refractivity contribution in [1.82, 2.24) is 19.7 Å². The van der Waals surface area contributed by atoms with Crippen molar-refractivity contribution in [1.29, 1.82) is 0 Å². The van der Waals surface area contributed by atoms with E-state index in [1.807, 2.05) is 34.6 Å². The molecule has 0 spiro atoms. The number of piperazine rings is 1. The number of carboxylic acids is 1. The van der Waals surface area contributed by atoms with E-state index < -0.39 is 17.4 Å². The second-order valence-corrected chi connectivity index (χ2v) is 14.3. The highest BCUT2D eigenvalue weighted by molar-refractivity contribution is 5.98. The average molecular weight is 670 g/mol. The van der Waals surface area contributed by atoms with Gasteiger partial charge in [-0.25, -0.2) is 19.0 Å². The number of aromatic nitrogens is 1. The van der Waals surface area contributed by atoms with Crippen molar-refractivity contribution in [2.75, 3.05) is 50.9 Å². The summed E-state index contributed by atoms with van der Waals surface area (Å²) in [5, 5.41) is 9.97. The zero-order valence-electron chi connectivity index (χ0n) is 28.9. The number of hydrogen-bond acceptors (Lipinski definition) is 9. The van der Waals surface area contributed by atoms with Crippen LogP contribution in [-0.4, -0.2) is 125 Å². The van der Waals surface area contributed by atoms with Gasteiger partial charge < -0.3 is 29.1 Å². The third kappa shape index (κ3) is 8.07. The molecule has 3 aliphatic rings. The fourth-order valence-corrected chi connectivity index (χ4v) is 6.78. The molecule has 5 rings (SSSR count). The molecule has 4 heterocycles. The number of carboxylic acid groups (broad SMARTS) is 1. The minimum Gasteiger partial charge on any atom is -0.476 e. The summed E-state index contributed by atoms with van der Waals surface area (Å²) in [6, 6.07) is 7.09. The Balaban J connectivity index is 1.43. The van der Waals surface area contributed by atoms with Gasteiger partial charge in [0.05, 0.1) is 25.8 Å². The number of nitrogens with zero attached hydrogens (tertiary/aromatic N) is 5. The minimum atomic E-state index is -1.22. The van der Waals surface area contributed by atoms with Crippen LogP contribution < -0.4 is 9.64 Å². The molecule has 0 bridgehead atoms. The largest absolute Gasteiger partial charge is 0.476 e. The molecule has 262 valence electrons. The first-order valence-corrected chi connectivity index (χ1v) is 16.6. The van der Waals surface area contributed by atoms with Crippen molar-refractivity contribution in [3.8, 4) is 5.88 Å². The van der Waals surface area contributed by atoms with Crippen molar-refractivity contribution < 1.29 is 38.1 Å². The summed E-state index contributed by atoms with van der Waals surface area (Å²) in [6.07, 6.45) is -0.195. The Morgan fingerprint density at radius 3 is 2.27 bits per heavy atom. The zero-order valence-corrected chi connectivity index (χ0v) is 28.9. The molecule has 1 aromatic heterocycles. The fraction of sp³-hybridized carbons (Fsp3) is 0.600. The van der Waals surface area contributed by atoms with Crippen molar-refractivity contribution in [3.05, 3.63) is 53.0 Å². The number of pyridine rings is 1. The lowest BCUT2D eigenvalue weighted by Crippen LogP contribution is -2.65. The number of benzene rings is 1. The third-order valence-electron chi connectivity index (χ3n) is 9.18. The number of amides is 2. The Morgan fingerprint density at radius 1 is 0.979 bits per heavy atom. The lowest BCUT2D eigenvalue weighted by atomic mass is 10.0. The second-order valence-electron chi connectivity index (χ2n) is 14.3. The lowest BCUT2D eigenvalue weighted by molar-refractivity contribution is -0.123. The fourth-order valence-electron chi connectivity index (χ4n) is 6.78. The number of halogens is 1. The van der Waals surface area contributed by atoms with E-state index in [0.29, 0.717) is 49.7 Å². The molecular weight excluding hydrogens is 621 g/mol. The molecule has 2 fully saturated rings. The van der Waals surface area contributed by atoms with E-state index >= 15 is 0 Å². The van der Waals surface area contributed by atoms with Crippen LogP contribution in [0.5, 0.6) is 5.88 Å². The summed E-state index contributed by atoms with van der Waals surface area (Å²) in [5.74, 6) is -1.72. The molecule has 2 saturated heterocycles. The first-order chi connectivity index (χ1) is 22.6. The maximum Gasteiger partial charge on any atom is 0.410 e. The van der Waals surface area contributed by atoms with Crippen molar-refractivity contribution in [2.24, 2.45) is 0 Å². The number of carbonyl (C=O) groups excluding carboxylic acids is 2. The summed E-state index contributed by atoms with van der Waals surface area (Å²) in [7, 11) is 0. The molecule has 0 aliphatic carbocycles. The molecule has 3 aliphatic heterocycles. The molecule has 5 atom stereocenters. The van der Waals surface area contributed by atoms with Gasteiger partial charge in [-0.1, -0.05) is 12.1 Å². The van der Waals surface area contributed by atoms with E-state index in [9.17, 15) is 23.9 Å². The van der Waals surface area contributed by atoms with Crippen LogP contribution in [0.4, 0.5) is 14.9 Å². The Hall–Kier alpha value is -3.81. The van der Waals surface area contributed by atoms with Gasteiger partial charge in [0.2, 0.25) is 11.8 Å². The van der Waals surface area contributed by atoms with Crippen LogP contribution in [0.15, 0.2) is 30.3 Å². The van der Waals surface area contributed by atoms with E-state index in [2.05, 4.69) is 28.6 Å². The van der Waals surface area contributed by atoms with Gasteiger partial charge in [-0.05, 0) is 84.2 Å². The smallest absolute Gasteiger partial charge is 0.410 e. The Labute approximate surface area is 281 Å². The molecule has 12 nitrogen and oxygen atoms in total. The highest BCUT2D eigenvalue weighted by Gasteiger charge is 2.41. The summed E-state index contributed by atoms with van der Waals surface area (Å²) >= 11 is 0. The number of rotatable bonds is 7. The number of morpholine rings is 1. The molecule has 13 heteroatoms. The van der Waals surface area contributed by atoms with Gasteiger partial charge in [0.25, 0.3) is 0 Å². The normalized spacial score (nSPS) is 25.3. The Bertz CT molecular complexity index is 1490.